The van der Waals surface area contributed by atoms with Crippen molar-refractivity contribution < 1.29 is 5.11 Å². The molecule has 0 spiro atoms. The molecule has 0 atom stereocenters. The Labute approximate surface area is 82.1 Å². The summed E-state index contributed by atoms with van der Waals surface area (Å²) >= 11 is 0. The standard InChI is InChI=1S/C11H10N2O/c14-11(9-5-1-3-7-12-9)10-6-2-4-8-13-10/h1-8,12,14H/p-1. The van der Waals surface area contributed by atoms with Crippen LogP contribution in [0.3, 0.4) is 0 Å². The summed E-state index contributed by atoms with van der Waals surface area (Å²) in [6.07, 6.45) is 8.70. The Bertz CT molecular complexity index is 405. The van der Waals surface area contributed by atoms with Crippen molar-refractivity contribution in [2.24, 2.45) is 0 Å². The van der Waals surface area contributed by atoms with Crippen LogP contribution in [0.2, 0.25) is 0 Å². The van der Waals surface area contributed by atoms with Gasteiger partial charge in [0.2, 0.25) is 0 Å². The lowest BCUT2D eigenvalue weighted by atomic mass is 10.2. The zero-order valence-electron chi connectivity index (χ0n) is 7.47. The molecule has 1 aromatic rings. The average Bonchev–Trinajstić information content (AvgIpc) is 2.30. The molecule has 0 radical (unpaired) electrons. The number of aromatic nitrogens is 1. The molecule has 0 fully saturated rings. The normalized spacial score (nSPS) is 17.7. The third-order valence-corrected chi connectivity index (χ3v) is 1.85. The van der Waals surface area contributed by atoms with Gasteiger partial charge in [-0.2, -0.15) is 0 Å². The van der Waals surface area contributed by atoms with E-state index in [9.17, 15) is 5.11 Å². The molecule has 0 saturated carbocycles. The van der Waals surface area contributed by atoms with Gasteiger partial charge in [-0.15, -0.1) is 0 Å². The fourth-order valence-electron chi connectivity index (χ4n) is 1.17. The van der Waals surface area contributed by atoms with Crippen molar-refractivity contribution in [3.8, 4) is 0 Å². The van der Waals surface area contributed by atoms with Gasteiger partial charge in [0, 0.05) is 18.1 Å². The van der Waals surface area contributed by atoms with E-state index in [1.165, 1.54) is 0 Å². The quantitative estimate of drug-likeness (QED) is 0.658. The molecule has 0 aliphatic carbocycles. The first-order valence-electron chi connectivity index (χ1n) is 4.30. The highest BCUT2D eigenvalue weighted by molar-refractivity contribution is 5.60. The Morgan fingerprint density at radius 2 is 2.21 bits per heavy atom. The van der Waals surface area contributed by atoms with Crippen molar-refractivity contribution in [3.63, 3.8) is 0 Å². The van der Waals surface area contributed by atoms with Crippen LogP contribution in [0.1, 0.15) is 5.69 Å². The lowest BCUT2D eigenvalue weighted by Gasteiger charge is -2.17. The molecule has 0 aromatic carbocycles. The molecule has 3 heteroatoms. The minimum Gasteiger partial charge on any atom is -0.870 e. The Kier molecular flexibility index (Phi) is 2.32. The number of nitrogens with one attached hydrogen (secondary N) is 1. The van der Waals surface area contributed by atoms with Crippen LogP contribution in [-0.2, 0) is 0 Å². The molecule has 0 saturated heterocycles. The summed E-state index contributed by atoms with van der Waals surface area (Å²) in [4.78, 5) is 3.99. The summed E-state index contributed by atoms with van der Waals surface area (Å²) in [6.45, 7) is 0. The van der Waals surface area contributed by atoms with Crippen LogP contribution in [0.5, 0.6) is 0 Å². The van der Waals surface area contributed by atoms with Gasteiger partial charge < -0.3 is 10.4 Å². The van der Waals surface area contributed by atoms with Gasteiger partial charge in [0.1, 0.15) is 0 Å². The summed E-state index contributed by atoms with van der Waals surface area (Å²) < 4.78 is 0. The van der Waals surface area contributed by atoms with Gasteiger partial charge in [-0.25, -0.2) is 0 Å². The largest absolute Gasteiger partial charge is 0.870 e. The maximum Gasteiger partial charge on any atom is 0.0571 e. The molecule has 3 nitrogen and oxygen atoms in total. The summed E-state index contributed by atoms with van der Waals surface area (Å²) in [5, 5.41) is 14.6. The first-order chi connectivity index (χ1) is 6.88. The maximum absolute atomic E-state index is 11.8. The van der Waals surface area contributed by atoms with Crippen molar-refractivity contribution in [1.82, 2.24) is 10.3 Å². The van der Waals surface area contributed by atoms with Crippen molar-refractivity contribution >= 4 is 5.76 Å². The lowest BCUT2D eigenvalue weighted by molar-refractivity contribution is -0.245. The summed E-state index contributed by atoms with van der Waals surface area (Å²) in [5.41, 5.74) is 1.00. The Balaban J connectivity index is 2.36. The van der Waals surface area contributed by atoms with Crippen molar-refractivity contribution in [1.29, 1.82) is 0 Å². The summed E-state index contributed by atoms with van der Waals surface area (Å²) in [5.74, 6) is -0.0915. The molecule has 1 aliphatic heterocycles. The van der Waals surface area contributed by atoms with Crippen LogP contribution < -0.4 is 10.4 Å². The third-order valence-electron chi connectivity index (χ3n) is 1.85. The maximum atomic E-state index is 11.8. The summed E-state index contributed by atoms with van der Waals surface area (Å²) in [6, 6.07) is 5.28. The van der Waals surface area contributed by atoms with Gasteiger partial charge in [-0.1, -0.05) is 17.9 Å². The minimum atomic E-state index is -0.0915. The van der Waals surface area contributed by atoms with Crippen molar-refractivity contribution in [3.05, 3.63) is 60.2 Å². The van der Waals surface area contributed by atoms with Crippen LogP contribution in [-0.4, -0.2) is 4.98 Å². The molecule has 0 bridgehead atoms. The van der Waals surface area contributed by atoms with Crippen LogP contribution in [0.4, 0.5) is 0 Å². The molecular weight excluding hydrogens is 176 g/mol. The first kappa shape index (κ1) is 8.56. The lowest BCUT2D eigenvalue weighted by Crippen LogP contribution is -2.15. The van der Waals surface area contributed by atoms with E-state index in [0.29, 0.717) is 11.4 Å². The molecular formula is C11H9N2O-. The fourth-order valence-corrected chi connectivity index (χ4v) is 1.17. The van der Waals surface area contributed by atoms with E-state index in [0.717, 1.165) is 0 Å². The Morgan fingerprint density at radius 1 is 1.29 bits per heavy atom. The van der Waals surface area contributed by atoms with E-state index in [2.05, 4.69) is 10.3 Å². The molecule has 70 valence electrons. The van der Waals surface area contributed by atoms with Gasteiger partial charge in [0.05, 0.1) is 5.69 Å². The number of hydrogen-bond donors (Lipinski definition) is 1. The van der Waals surface area contributed by atoms with Crippen LogP contribution in [0, 0.1) is 0 Å². The van der Waals surface area contributed by atoms with Crippen molar-refractivity contribution in [2.75, 3.05) is 0 Å². The van der Waals surface area contributed by atoms with E-state index in [1.54, 1.807) is 36.7 Å². The van der Waals surface area contributed by atoms with Gasteiger partial charge >= 0.3 is 0 Å². The van der Waals surface area contributed by atoms with Gasteiger partial charge in [0.15, 0.2) is 0 Å². The molecule has 1 N–H and O–H groups in total. The zero-order valence-corrected chi connectivity index (χ0v) is 7.47. The fraction of sp³-hybridized carbons (Fsp3) is 0. The first-order valence-corrected chi connectivity index (χ1v) is 4.30. The van der Waals surface area contributed by atoms with Crippen LogP contribution in [0.25, 0.3) is 5.76 Å². The monoisotopic (exact) mass is 185 g/mol. The second-order valence-electron chi connectivity index (χ2n) is 2.82. The van der Waals surface area contributed by atoms with Gasteiger partial charge in [0.25, 0.3) is 0 Å². The van der Waals surface area contributed by atoms with Crippen LogP contribution >= 0.6 is 0 Å². The second-order valence-corrected chi connectivity index (χ2v) is 2.82. The molecule has 2 heterocycles. The molecule has 1 aromatic heterocycles. The van der Waals surface area contributed by atoms with E-state index in [-0.39, 0.29) is 5.76 Å². The molecule has 0 unspecified atom stereocenters. The van der Waals surface area contributed by atoms with Crippen molar-refractivity contribution in [2.45, 2.75) is 0 Å². The molecule has 2 rings (SSSR count). The topological polar surface area (TPSA) is 48.0 Å². The highest BCUT2D eigenvalue weighted by atomic mass is 16.3. The number of dihydropyridines is 1. The number of rotatable bonds is 1. The van der Waals surface area contributed by atoms with Crippen LogP contribution in [0.15, 0.2) is 54.5 Å². The van der Waals surface area contributed by atoms with Gasteiger partial charge in [-0.05, 0) is 24.3 Å². The highest BCUT2D eigenvalue weighted by Gasteiger charge is 1.97. The molecule has 14 heavy (non-hydrogen) atoms. The zero-order chi connectivity index (χ0) is 9.80. The molecule has 1 aliphatic rings. The van der Waals surface area contributed by atoms with Gasteiger partial charge in [-0.3, -0.25) is 4.98 Å². The average molecular weight is 185 g/mol. The Morgan fingerprint density at radius 3 is 2.86 bits per heavy atom. The summed E-state index contributed by atoms with van der Waals surface area (Å²) in [7, 11) is 0. The number of pyridine rings is 1. The third kappa shape index (κ3) is 1.66. The number of allylic oxidation sites excluding steroid dienone is 3. The van der Waals surface area contributed by atoms with E-state index in [1.807, 2.05) is 12.2 Å². The predicted molar refractivity (Wildman–Crippen MR) is 52.6 cm³/mol. The highest BCUT2D eigenvalue weighted by Crippen LogP contribution is 2.10. The van der Waals surface area contributed by atoms with E-state index in [4.69, 9.17) is 0 Å². The predicted octanol–water partition coefficient (Wildman–Crippen LogP) is 0.784. The van der Waals surface area contributed by atoms with E-state index >= 15 is 0 Å². The van der Waals surface area contributed by atoms with E-state index < -0.39 is 0 Å². The number of hydrogen-bond acceptors (Lipinski definition) is 3. The Hall–Kier alpha value is -2.03. The SMILES string of the molecule is [O-]C(=C1C=CC=CN1)c1ccccn1. The number of nitrogens with zero attached hydrogens (tertiary/aromatic N) is 1. The minimum absolute atomic E-state index is 0.0915. The smallest absolute Gasteiger partial charge is 0.0571 e. The second kappa shape index (κ2) is 3.79. The molecule has 0 amide bonds.